The van der Waals surface area contributed by atoms with Gasteiger partial charge in [0, 0.05) is 41.9 Å². The first-order chi connectivity index (χ1) is 20.9. The Morgan fingerprint density at radius 2 is 1.51 bits per heavy atom. The number of hydrogen-bond donors (Lipinski definition) is 3. The van der Waals surface area contributed by atoms with Crippen LogP contribution in [0.25, 0.3) is 28.0 Å². The van der Waals surface area contributed by atoms with E-state index in [-0.39, 0.29) is 5.91 Å². The average Bonchev–Trinajstić information content (AvgIpc) is 3.37. The number of aromatic nitrogens is 4. The molecular formula is C32H23F2N7O2. The Hall–Kier alpha value is -5.97. The number of nitrogens with zero attached hydrogens (tertiary/aromatic N) is 4. The molecule has 3 heterocycles. The minimum atomic E-state index is -0.952. The predicted octanol–water partition coefficient (Wildman–Crippen LogP) is 6.69. The summed E-state index contributed by atoms with van der Waals surface area (Å²) in [6.45, 7) is 1.44. The summed E-state index contributed by atoms with van der Waals surface area (Å²) in [6.07, 6.45) is 3.43. The van der Waals surface area contributed by atoms with Gasteiger partial charge in [0.25, 0.3) is 5.91 Å². The van der Waals surface area contributed by atoms with Crippen molar-refractivity contribution in [3.63, 3.8) is 0 Å². The maximum atomic E-state index is 14.2. The molecule has 11 heteroatoms. The molecule has 0 radical (unpaired) electrons. The number of nitrogens with one attached hydrogen (secondary N) is 3. The average molecular weight is 576 g/mol. The lowest BCUT2D eigenvalue weighted by molar-refractivity contribution is -0.114. The van der Waals surface area contributed by atoms with E-state index in [1.54, 1.807) is 53.2 Å². The van der Waals surface area contributed by atoms with E-state index in [9.17, 15) is 18.4 Å². The number of hydrogen-bond acceptors (Lipinski definition) is 6. The molecule has 3 aromatic heterocycles. The highest BCUT2D eigenvalue weighted by atomic mass is 19.1. The van der Waals surface area contributed by atoms with E-state index < -0.39 is 23.1 Å². The van der Waals surface area contributed by atoms with Gasteiger partial charge in [0.15, 0.2) is 0 Å². The van der Waals surface area contributed by atoms with E-state index in [1.807, 2.05) is 36.5 Å². The molecule has 6 aromatic rings. The number of halogens is 2. The van der Waals surface area contributed by atoms with Gasteiger partial charge in [-0.15, -0.1) is 0 Å². The zero-order chi connectivity index (χ0) is 29.9. The Bertz CT molecular complexity index is 1990. The highest BCUT2D eigenvalue weighted by Gasteiger charge is 2.20. The van der Waals surface area contributed by atoms with Crippen LogP contribution in [0.4, 0.5) is 31.8 Å². The molecule has 0 spiro atoms. The molecular weight excluding hydrogens is 552 g/mol. The Morgan fingerprint density at radius 1 is 0.791 bits per heavy atom. The Morgan fingerprint density at radius 3 is 2.30 bits per heavy atom. The van der Waals surface area contributed by atoms with Crippen molar-refractivity contribution in [2.45, 2.75) is 6.92 Å². The largest absolute Gasteiger partial charge is 0.326 e. The van der Waals surface area contributed by atoms with Gasteiger partial charge in [-0.3, -0.25) is 9.59 Å². The number of carbonyl (C=O) groups is 2. The number of pyridine rings is 1. The van der Waals surface area contributed by atoms with Gasteiger partial charge in [-0.2, -0.15) is 5.10 Å². The molecule has 0 saturated carbocycles. The highest BCUT2D eigenvalue weighted by molar-refractivity contribution is 6.05. The van der Waals surface area contributed by atoms with Crippen molar-refractivity contribution in [2.24, 2.45) is 0 Å². The van der Waals surface area contributed by atoms with Gasteiger partial charge in [0.05, 0.1) is 16.8 Å². The number of carbonyl (C=O) groups excluding carboxylic acids is 2. The van der Waals surface area contributed by atoms with Crippen molar-refractivity contribution in [2.75, 3.05) is 16.0 Å². The number of benzene rings is 3. The number of rotatable bonds is 7. The lowest BCUT2D eigenvalue weighted by atomic mass is 10.0. The first-order valence-electron chi connectivity index (χ1n) is 13.2. The maximum absolute atomic E-state index is 14.2. The number of anilines is 4. The monoisotopic (exact) mass is 575 g/mol. The minimum absolute atomic E-state index is 0.181. The molecule has 0 atom stereocenters. The Balaban J connectivity index is 1.36. The van der Waals surface area contributed by atoms with Gasteiger partial charge in [-0.1, -0.05) is 30.3 Å². The second-order valence-electron chi connectivity index (χ2n) is 9.54. The first kappa shape index (κ1) is 27.2. The van der Waals surface area contributed by atoms with Crippen LogP contribution in [0.5, 0.6) is 0 Å². The van der Waals surface area contributed by atoms with E-state index in [0.717, 1.165) is 17.6 Å². The number of amides is 2. The molecule has 0 aliphatic carbocycles. The summed E-state index contributed by atoms with van der Waals surface area (Å²) in [6, 6.07) is 24.7. The second-order valence-corrected chi connectivity index (χ2v) is 9.54. The fraction of sp³-hybridized carbons (Fsp3) is 0.0312. The van der Waals surface area contributed by atoms with Crippen molar-refractivity contribution in [1.82, 2.24) is 19.6 Å². The maximum Gasteiger partial charge on any atom is 0.261 e. The standard InChI is InChI=1S/C32H23F2N7O2/c1-19(42)36-22-9-5-10-23(18-22)38-32-35-15-14-26(39-32)29-27-13-2-3-16-41(27)40-30(29)20-7-4-8-21(17-20)37-31(43)28-24(33)11-6-12-25(28)34/h2-18H,1H3,(H,36,42)(H,37,43)(H,35,38,39). The molecule has 0 aliphatic heterocycles. The van der Waals surface area contributed by atoms with Crippen molar-refractivity contribution in [3.8, 4) is 22.5 Å². The molecule has 0 bridgehead atoms. The third kappa shape index (κ3) is 5.77. The fourth-order valence-electron chi connectivity index (χ4n) is 4.67. The topological polar surface area (TPSA) is 113 Å². The molecule has 0 fully saturated rings. The van der Waals surface area contributed by atoms with Crippen LogP contribution in [-0.4, -0.2) is 31.4 Å². The van der Waals surface area contributed by atoms with Crippen LogP contribution in [0.1, 0.15) is 17.3 Å². The van der Waals surface area contributed by atoms with Gasteiger partial charge in [-0.25, -0.2) is 23.3 Å². The molecule has 0 unspecified atom stereocenters. The Kier molecular flexibility index (Phi) is 7.27. The molecule has 0 saturated heterocycles. The van der Waals surface area contributed by atoms with E-state index in [2.05, 4.69) is 20.9 Å². The van der Waals surface area contributed by atoms with Gasteiger partial charge in [0.1, 0.15) is 22.9 Å². The van der Waals surface area contributed by atoms with Crippen LogP contribution in [0.2, 0.25) is 0 Å². The summed E-state index contributed by atoms with van der Waals surface area (Å²) < 4.78 is 30.1. The summed E-state index contributed by atoms with van der Waals surface area (Å²) in [5.41, 5.74) is 4.25. The van der Waals surface area contributed by atoms with Crippen molar-refractivity contribution in [1.29, 1.82) is 0 Å². The van der Waals surface area contributed by atoms with Crippen LogP contribution in [-0.2, 0) is 4.79 Å². The first-order valence-corrected chi connectivity index (χ1v) is 13.2. The molecule has 6 rings (SSSR count). The van der Waals surface area contributed by atoms with Crippen molar-refractivity contribution < 1.29 is 18.4 Å². The molecule has 9 nitrogen and oxygen atoms in total. The lowest BCUT2D eigenvalue weighted by Gasteiger charge is -2.10. The third-order valence-corrected chi connectivity index (χ3v) is 6.47. The smallest absolute Gasteiger partial charge is 0.261 e. The zero-order valence-electron chi connectivity index (χ0n) is 22.7. The van der Waals surface area contributed by atoms with Crippen molar-refractivity contribution in [3.05, 3.63) is 121 Å². The molecule has 0 aliphatic rings. The van der Waals surface area contributed by atoms with Gasteiger partial charge >= 0.3 is 0 Å². The lowest BCUT2D eigenvalue weighted by Crippen LogP contribution is -2.15. The third-order valence-electron chi connectivity index (χ3n) is 6.47. The summed E-state index contributed by atoms with van der Waals surface area (Å²) in [4.78, 5) is 33.3. The normalized spacial score (nSPS) is 10.9. The summed E-state index contributed by atoms with van der Waals surface area (Å²) in [5, 5.41) is 13.3. The molecule has 3 N–H and O–H groups in total. The van der Waals surface area contributed by atoms with E-state index in [1.165, 1.54) is 13.0 Å². The zero-order valence-corrected chi connectivity index (χ0v) is 22.7. The van der Waals surface area contributed by atoms with E-state index in [0.29, 0.717) is 45.5 Å². The van der Waals surface area contributed by atoms with Gasteiger partial charge in [-0.05, 0) is 60.7 Å². The van der Waals surface area contributed by atoms with Crippen LogP contribution in [0, 0.1) is 11.6 Å². The van der Waals surface area contributed by atoms with Gasteiger partial charge < -0.3 is 16.0 Å². The SMILES string of the molecule is CC(=O)Nc1cccc(Nc2nccc(-c3c(-c4cccc(NC(=O)c5c(F)cccc5F)c4)nn4ccccc34)n2)c1. The van der Waals surface area contributed by atoms with Crippen LogP contribution in [0.15, 0.2) is 103 Å². The second kappa shape index (κ2) is 11.5. The van der Waals surface area contributed by atoms with Crippen molar-refractivity contribution >= 4 is 40.3 Å². The summed E-state index contributed by atoms with van der Waals surface area (Å²) >= 11 is 0. The van der Waals surface area contributed by atoms with E-state index >= 15 is 0 Å². The molecule has 212 valence electrons. The quantitative estimate of drug-likeness (QED) is 0.196. The summed E-state index contributed by atoms with van der Waals surface area (Å²) in [5.74, 6) is -2.67. The predicted molar refractivity (Wildman–Crippen MR) is 160 cm³/mol. The van der Waals surface area contributed by atoms with Crippen LogP contribution < -0.4 is 16.0 Å². The molecule has 43 heavy (non-hydrogen) atoms. The molecule has 3 aromatic carbocycles. The highest BCUT2D eigenvalue weighted by Crippen LogP contribution is 2.35. The van der Waals surface area contributed by atoms with Crippen LogP contribution >= 0.6 is 0 Å². The van der Waals surface area contributed by atoms with Crippen LogP contribution in [0.3, 0.4) is 0 Å². The fourth-order valence-corrected chi connectivity index (χ4v) is 4.67. The van der Waals surface area contributed by atoms with Gasteiger partial charge in [0.2, 0.25) is 11.9 Å². The minimum Gasteiger partial charge on any atom is -0.326 e. The number of fused-ring (bicyclic) bond motifs is 1. The molecule has 2 amide bonds. The van der Waals surface area contributed by atoms with E-state index in [4.69, 9.17) is 10.1 Å². The Labute approximate surface area is 244 Å². The summed E-state index contributed by atoms with van der Waals surface area (Å²) in [7, 11) is 0.